The van der Waals surface area contributed by atoms with E-state index in [2.05, 4.69) is 21.3 Å². The third-order valence-electron chi connectivity index (χ3n) is 3.57. The van der Waals surface area contributed by atoms with Gasteiger partial charge in [0.1, 0.15) is 5.75 Å². The number of unbranched alkanes of at least 4 members (excludes halogenated alkanes) is 1. The number of rotatable bonds is 7. The van der Waals surface area contributed by atoms with Crippen molar-refractivity contribution in [3.05, 3.63) is 48.8 Å². The maximum Gasteiger partial charge on any atom is 0.196 e. The lowest BCUT2D eigenvalue weighted by atomic mass is 10.2. The highest BCUT2D eigenvalue weighted by atomic mass is 32.2. The summed E-state index contributed by atoms with van der Waals surface area (Å²) in [6, 6.07) is 13.8. The van der Waals surface area contributed by atoms with Gasteiger partial charge < -0.3 is 4.74 Å². The number of thioether (sulfide) groups is 1. The second-order valence-electron chi connectivity index (χ2n) is 5.19. The van der Waals surface area contributed by atoms with Crippen LogP contribution in [-0.2, 0) is 0 Å². The first-order chi connectivity index (χ1) is 12.3. The van der Waals surface area contributed by atoms with E-state index in [-0.39, 0.29) is 0 Å². The molecule has 0 radical (unpaired) electrons. The first-order valence-electron chi connectivity index (χ1n) is 7.83. The summed E-state index contributed by atoms with van der Waals surface area (Å²) in [5.41, 5.74) is 1.91. The first kappa shape index (κ1) is 17.0. The molecule has 0 unspecified atom stereocenters. The SMILES string of the molecule is COc1ccc(-n2c(SCCCC#N)nnc2-c2ccncc2)cc1. The van der Waals surface area contributed by atoms with Crippen LogP contribution in [0.15, 0.2) is 53.9 Å². The van der Waals surface area contributed by atoms with Crippen LogP contribution in [0.2, 0.25) is 0 Å². The van der Waals surface area contributed by atoms with Gasteiger partial charge in [-0.1, -0.05) is 11.8 Å². The maximum atomic E-state index is 8.69. The molecule has 3 aromatic rings. The summed E-state index contributed by atoms with van der Waals surface area (Å²) in [4.78, 5) is 4.06. The normalized spacial score (nSPS) is 10.4. The minimum Gasteiger partial charge on any atom is -0.497 e. The van der Waals surface area contributed by atoms with Gasteiger partial charge in [-0.25, -0.2) is 0 Å². The average Bonchev–Trinajstić information content (AvgIpc) is 3.10. The molecule has 25 heavy (non-hydrogen) atoms. The van der Waals surface area contributed by atoms with Gasteiger partial charge in [0.05, 0.1) is 13.2 Å². The molecule has 1 aromatic carbocycles. The number of pyridine rings is 1. The van der Waals surface area contributed by atoms with E-state index < -0.39 is 0 Å². The van der Waals surface area contributed by atoms with Crippen LogP contribution < -0.4 is 4.74 Å². The molecule has 0 saturated heterocycles. The number of benzene rings is 1. The lowest BCUT2D eigenvalue weighted by Crippen LogP contribution is -2.00. The van der Waals surface area contributed by atoms with Crippen LogP contribution in [0.5, 0.6) is 5.75 Å². The number of nitriles is 1. The summed E-state index contributed by atoms with van der Waals surface area (Å²) < 4.78 is 7.26. The summed E-state index contributed by atoms with van der Waals surface area (Å²) in [7, 11) is 1.65. The van der Waals surface area contributed by atoms with Crippen molar-refractivity contribution in [1.29, 1.82) is 5.26 Å². The van der Waals surface area contributed by atoms with E-state index in [1.54, 1.807) is 31.3 Å². The number of aromatic nitrogens is 4. The van der Waals surface area contributed by atoms with E-state index in [0.717, 1.165) is 40.2 Å². The molecule has 0 atom stereocenters. The van der Waals surface area contributed by atoms with Crippen LogP contribution in [0, 0.1) is 11.3 Å². The van der Waals surface area contributed by atoms with Gasteiger partial charge in [-0.2, -0.15) is 5.26 Å². The number of nitrogens with zero attached hydrogens (tertiary/aromatic N) is 5. The highest BCUT2D eigenvalue weighted by Gasteiger charge is 2.16. The Hall–Kier alpha value is -2.85. The third kappa shape index (κ3) is 3.98. The van der Waals surface area contributed by atoms with E-state index >= 15 is 0 Å². The molecule has 0 aliphatic rings. The Balaban J connectivity index is 1.98. The number of ether oxygens (including phenoxy) is 1. The fraction of sp³-hybridized carbons (Fsp3) is 0.222. The topological polar surface area (TPSA) is 76.6 Å². The molecule has 126 valence electrons. The molecular weight excluding hydrogens is 334 g/mol. The van der Waals surface area contributed by atoms with Gasteiger partial charge in [-0.15, -0.1) is 10.2 Å². The van der Waals surface area contributed by atoms with Crippen LogP contribution in [0.1, 0.15) is 12.8 Å². The molecule has 3 rings (SSSR count). The monoisotopic (exact) mass is 351 g/mol. The number of hydrogen-bond acceptors (Lipinski definition) is 6. The molecule has 0 spiro atoms. The molecule has 0 aliphatic heterocycles. The maximum absolute atomic E-state index is 8.69. The van der Waals surface area contributed by atoms with E-state index in [4.69, 9.17) is 10.00 Å². The van der Waals surface area contributed by atoms with Gasteiger partial charge in [0.25, 0.3) is 0 Å². The molecule has 7 heteroatoms. The molecular formula is C18H17N5OS. The van der Waals surface area contributed by atoms with E-state index in [0.29, 0.717) is 6.42 Å². The fourth-order valence-corrected chi connectivity index (χ4v) is 3.22. The van der Waals surface area contributed by atoms with E-state index in [1.807, 2.05) is 41.0 Å². The predicted octanol–water partition coefficient (Wildman–Crippen LogP) is 3.73. The zero-order valence-corrected chi connectivity index (χ0v) is 14.6. The molecule has 0 bridgehead atoms. The van der Waals surface area contributed by atoms with Crippen molar-refractivity contribution in [3.63, 3.8) is 0 Å². The molecule has 0 fully saturated rings. The quantitative estimate of drug-likeness (QED) is 0.477. The van der Waals surface area contributed by atoms with Crippen LogP contribution in [0.3, 0.4) is 0 Å². The van der Waals surface area contributed by atoms with Crippen molar-refractivity contribution in [2.75, 3.05) is 12.9 Å². The minimum absolute atomic E-state index is 0.543. The van der Waals surface area contributed by atoms with E-state index in [1.165, 1.54) is 0 Å². The predicted molar refractivity (Wildman–Crippen MR) is 96.7 cm³/mol. The Bertz CT molecular complexity index is 855. The Labute approximate surface area is 150 Å². The van der Waals surface area contributed by atoms with E-state index in [9.17, 15) is 0 Å². The third-order valence-corrected chi connectivity index (χ3v) is 4.58. The van der Waals surface area contributed by atoms with Crippen LogP contribution in [0.25, 0.3) is 17.1 Å². The van der Waals surface area contributed by atoms with Crippen molar-refractivity contribution < 1.29 is 4.74 Å². The average molecular weight is 351 g/mol. The molecule has 2 aromatic heterocycles. The van der Waals surface area contributed by atoms with Crippen molar-refractivity contribution >= 4 is 11.8 Å². The lowest BCUT2D eigenvalue weighted by Gasteiger charge is -2.11. The van der Waals surface area contributed by atoms with Crippen molar-refractivity contribution in [2.45, 2.75) is 18.0 Å². The molecule has 6 nitrogen and oxygen atoms in total. The molecule has 0 amide bonds. The van der Waals surface area contributed by atoms with Gasteiger partial charge in [-0.05, 0) is 42.8 Å². The zero-order valence-electron chi connectivity index (χ0n) is 13.8. The Morgan fingerprint density at radius 3 is 2.56 bits per heavy atom. The molecule has 0 saturated carbocycles. The highest BCUT2D eigenvalue weighted by Crippen LogP contribution is 2.29. The van der Waals surface area contributed by atoms with Gasteiger partial charge in [0.2, 0.25) is 0 Å². The van der Waals surface area contributed by atoms with Gasteiger partial charge in [0.15, 0.2) is 11.0 Å². The summed E-state index contributed by atoms with van der Waals surface area (Å²) in [6.07, 6.45) is 4.84. The van der Waals surface area contributed by atoms with Crippen LogP contribution in [0.4, 0.5) is 0 Å². The van der Waals surface area contributed by atoms with Crippen molar-refractivity contribution in [3.8, 4) is 28.9 Å². The minimum atomic E-state index is 0.543. The lowest BCUT2D eigenvalue weighted by molar-refractivity contribution is 0.414. The Morgan fingerprint density at radius 2 is 1.88 bits per heavy atom. The molecule has 0 N–H and O–H groups in total. The Kier molecular flexibility index (Phi) is 5.65. The highest BCUT2D eigenvalue weighted by molar-refractivity contribution is 7.99. The van der Waals surface area contributed by atoms with Crippen molar-refractivity contribution in [1.82, 2.24) is 19.7 Å². The second-order valence-corrected chi connectivity index (χ2v) is 6.25. The molecule has 2 heterocycles. The van der Waals surface area contributed by atoms with Gasteiger partial charge in [-0.3, -0.25) is 9.55 Å². The fourth-order valence-electron chi connectivity index (χ4n) is 2.33. The smallest absolute Gasteiger partial charge is 0.196 e. The van der Waals surface area contributed by atoms with Crippen molar-refractivity contribution in [2.24, 2.45) is 0 Å². The molecule has 0 aliphatic carbocycles. The summed E-state index contributed by atoms with van der Waals surface area (Å²) >= 11 is 1.60. The number of hydrogen-bond donors (Lipinski definition) is 0. The van der Waals surface area contributed by atoms with Crippen LogP contribution in [-0.4, -0.2) is 32.6 Å². The van der Waals surface area contributed by atoms with Gasteiger partial charge >= 0.3 is 0 Å². The standard InChI is InChI=1S/C18H17N5OS/c1-24-16-6-4-15(5-7-16)23-17(14-8-11-20-12-9-14)21-22-18(23)25-13-3-2-10-19/h4-9,11-12H,2-3,13H2,1H3. The van der Waals surface area contributed by atoms with Crippen LogP contribution >= 0.6 is 11.8 Å². The number of methoxy groups -OCH3 is 1. The second kappa shape index (κ2) is 8.31. The van der Waals surface area contributed by atoms with Gasteiger partial charge in [0, 0.05) is 35.8 Å². The summed E-state index contributed by atoms with van der Waals surface area (Å²) in [5.74, 6) is 2.37. The Morgan fingerprint density at radius 1 is 1.12 bits per heavy atom. The summed E-state index contributed by atoms with van der Waals surface area (Å²) in [5, 5.41) is 18.2. The zero-order chi connectivity index (χ0) is 17.5. The first-order valence-corrected chi connectivity index (χ1v) is 8.82. The summed E-state index contributed by atoms with van der Waals surface area (Å²) in [6.45, 7) is 0. The largest absolute Gasteiger partial charge is 0.497 e.